The third-order valence-electron chi connectivity index (χ3n) is 2.17. The minimum absolute atomic E-state index is 0.0561. The smallest absolute Gasteiger partial charge is 0.141 e. The normalized spacial score (nSPS) is 11.9. The minimum atomic E-state index is 0.0561. The summed E-state index contributed by atoms with van der Waals surface area (Å²) in [5.74, 6) is 3.55. The summed E-state index contributed by atoms with van der Waals surface area (Å²) in [7, 11) is 0. The van der Waals surface area contributed by atoms with Gasteiger partial charge in [0.1, 0.15) is 5.82 Å². The number of hydrogen-bond donors (Lipinski definition) is 1. The Morgan fingerprint density at radius 3 is 3.00 bits per heavy atom. The minimum Gasteiger partial charge on any atom is -0.356 e. The fraction of sp³-hybridized carbons (Fsp3) is 0.417. The maximum Gasteiger partial charge on any atom is 0.141 e. The SMILES string of the molecule is C#CC(CCC)Nc1nccc(C)c1Br. The fourth-order valence-corrected chi connectivity index (χ4v) is 1.64. The Bertz CT molecular complexity index is 368. The third kappa shape index (κ3) is 3.24. The fourth-order valence-electron chi connectivity index (χ4n) is 1.29. The Labute approximate surface area is 99.6 Å². The van der Waals surface area contributed by atoms with Gasteiger partial charge in [-0.3, -0.25) is 0 Å². The Balaban J connectivity index is 2.80. The maximum absolute atomic E-state index is 5.44. The quantitative estimate of drug-likeness (QED) is 0.846. The molecular weight excluding hydrogens is 252 g/mol. The van der Waals surface area contributed by atoms with Crippen molar-refractivity contribution in [2.45, 2.75) is 32.7 Å². The Hall–Kier alpha value is -1.01. The van der Waals surface area contributed by atoms with Crippen molar-refractivity contribution in [1.82, 2.24) is 4.98 Å². The second kappa shape index (κ2) is 5.77. The van der Waals surface area contributed by atoms with E-state index in [9.17, 15) is 0 Å². The van der Waals surface area contributed by atoms with Crippen LogP contribution in [-0.4, -0.2) is 11.0 Å². The van der Waals surface area contributed by atoms with Crippen molar-refractivity contribution in [2.24, 2.45) is 0 Å². The molecule has 0 aliphatic carbocycles. The largest absolute Gasteiger partial charge is 0.356 e. The monoisotopic (exact) mass is 266 g/mol. The number of halogens is 1. The van der Waals surface area contributed by atoms with Gasteiger partial charge in [-0.1, -0.05) is 19.3 Å². The maximum atomic E-state index is 5.44. The molecule has 0 amide bonds. The first-order chi connectivity index (χ1) is 7.19. The summed E-state index contributed by atoms with van der Waals surface area (Å²) in [5, 5.41) is 3.24. The highest BCUT2D eigenvalue weighted by molar-refractivity contribution is 9.10. The molecule has 1 heterocycles. The number of pyridine rings is 1. The van der Waals surface area contributed by atoms with Crippen molar-refractivity contribution in [2.75, 3.05) is 5.32 Å². The summed E-state index contributed by atoms with van der Waals surface area (Å²) in [6.07, 6.45) is 9.24. The summed E-state index contributed by atoms with van der Waals surface area (Å²) in [6, 6.07) is 2.01. The van der Waals surface area contributed by atoms with Crippen molar-refractivity contribution in [3.05, 3.63) is 22.3 Å². The van der Waals surface area contributed by atoms with Crippen LogP contribution in [0.3, 0.4) is 0 Å². The van der Waals surface area contributed by atoms with Crippen molar-refractivity contribution >= 4 is 21.7 Å². The molecule has 1 atom stereocenters. The molecule has 2 nitrogen and oxygen atoms in total. The van der Waals surface area contributed by atoms with E-state index in [1.165, 1.54) is 0 Å². The van der Waals surface area contributed by atoms with Gasteiger partial charge in [0, 0.05) is 6.20 Å². The van der Waals surface area contributed by atoms with Crippen molar-refractivity contribution in [1.29, 1.82) is 0 Å². The van der Waals surface area contributed by atoms with Gasteiger partial charge in [0.25, 0.3) is 0 Å². The lowest BCUT2D eigenvalue weighted by Gasteiger charge is -2.14. The zero-order valence-electron chi connectivity index (χ0n) is 9.05. The van der Waals surface area contributed by atoms with E-state index in [0.717, 1.165) is 28.7 Å². The van der Waals surface area contributed by atoms with Crippen LogP contribution in [0.15, 0.2) is 16.7 Å². The Morgan fingerprint density at radius 2 is 2.40 bits per heavy atom. The highest BCUT2D eigenvalue weighted by atomic mass is 79.9. The first kappa shape index (κ1) is 12.1. The van der Waals surface area contributed by atoms with Gasteiger partial charge in [0.05, 0.1) is 10.5 Å². The molecular formula is C12H15BrN2. The molecule has 0 saturated carbocycles. The summed E-state index contributed by atoms with van der Waals surface area (Å²) < 4.78 is 0.987. The molecule has 1 aromatic heterocycles. The molecule has 1 aromatic rings. The van der Waals surface area contributed by atoms with Crippen molar-refractivity contribution < 1.29 is 0 Å². The molecule has 0 fully saturated rings. The standard InChI is InChI=1S/C12H15BrN2/c1-4-6-10(5-2)15-12-11(13)9(3)7-8-14-12/h2,7-8,10H,4,6H2,1,3H3,(H,14,15). The number of nitrogens with one attached hydrogen (secondary N) is 1. The van der Waals surface area contributed by atoms with E-state index in [1.807, 2.05) is 13.0 Å². The van der Waals surface area contributed by atoms with E-state index >= 15 is 0 Å². The lowest BCUT2D eigenvalue weighted by molar-refractivity contribution is 0.752. The molecule has 80 valence electrons. The van der Waals surface area contributed by atoms with E-state index in [0.29, 0.717) is 0 Å². The van der Waals surface area contributed by atoms with Crippen LogP contribution in [0.2, 0.25) is 0 Å². The van der Waals surface area contributed by atoms with Gasteiger partial charge in [-0.2, -0.15) is 0 Å². The number of nitrogens with zero attached hydrogens (tertiary/aromatic N) is 1. The van der Waals surface area contributed by atoms with Gasteiger partial charge >= 0.3 is 0 Å². The average molecular weight is 267 g/mol. The zero-order valence-corrected chi connectivity index (χ0v) is 10.6. The van der Waals surface area contributed by atoms with Crippen molar-refractivity contribution in [3.8, 4) is 12.3 Å². The number of aromatic nitrogens is 1. The molecule has 0 spiro atoms. The second-order valence-corrected chi connectivity index (χ2v) is 4.24. The highest BCUT2D eigenvalue weighted by Crippen LogP contribution is 2.24. The molecule has 1 N–H and O–H groups in total. The summed E-state index contributed by atoms with van der Waals surface area (Å²) >= 11 is 3.50. The summed E-state index contributed by atoms with van der Waals surface area (Å²) in [6.45, 7) is 4.15. The van der Waals surface area contributed by atoms with E-state index in [-0.39, 0.29) is 6.04 Å². The van der Waals surface area contributed by atoms with Crippen molar-refractivity contribution in [3.63, 3.8) is 0 Å². The summed E-state index contributed by atoms with van der Waals surface area (Å²) in [5.41, 5.74) is 1.15. The molecule has 0 aliphatic rings. The molecule has 0 saturated heterocycles. The molecule has 0 aliphatic heterocycles. The zero-order chi connectivity index (χ0) is 11.3. The highest BCUT2D eigenvalue weighted by Gasteiger charge is 2.08. The second-order valence-electron chi connectivity index (χ2n) is 3.44. The van der Waals surface area contributed by atoms with E-state index < -0.39 is 0 Å². The van der Waals surface area contributed by atoms with E-state index in [4.69, 9.17) is 6.42 Å². The molecule has 0 bridgehead atoms. The predicted octanol–water partition coefficient (Wildman–Crippen LogP) is 3.37. The first-order valence-corrected chi connectivity index (χ1v) is 5.82. The van der Waals surface area contributed by atoms with Gasteiger partial charge in [0.2, 0.25) is 0 Å². The van der Waals surface area contributed by atoms with Crippen LogP contribution in [0.4, 0.5) is 5.82 Å². The first-order valence-electron chi connectivity index (χ1n) is 5.02. The van der Waals surface area contributed by atoms with Gasteiger partial charge in [-0.15, -0.1) is 6.42 Å². The van der Waals surface area contributed by atoms with Crippen LogP contribution in [0, 0.1) is 19.3 Å². The number of hydrogen-bond acceptors (Lipinski definition) is 2. The van der Waals surface area contributed by atoms with E-state index in [1.54, 1.807) is 6.20 Å². The molecule has 3 heteroatoms. The molecule has 15 heavy (non-hydrogen) atoms. The van der Waals surface area contributed by atoms with Crippen LogP contribution in [-0.2, 0) is 0 Å². The molecule has 1 unspecified atom stereocenters. The number of aryl methyl sites for hydroxylation is 1. The predicted molar refractivity (Wildman–Crippen MR) is 67.8 cm³/mol. The van der Waals surface area contributed by atoms with Gasteiger partial charge in [-0.05, 0) is 40.9 Å². The van der Waals surface area contributed by atoms with E-state index in [2.05, 4.69) is 39.1 Å². The molecule has 0 aromatic carbocycles. The van der Waals surface area contributed by atoms with Crippen LogP contribution in [0.1, 0.15) is 25.3 Å². The van der Waals surface area contributed by atoms with Crippen LogP contribution in [0.5, 0.6) is 0 Å². The molecule has 1 rings (SSSR count). The van der Waals surface area contributed by atoms with Gasteiger partial charge in [-0.25, -0.2) is 4.98 Å². The number of rotatable bonds is 4. The van der Waals surface area contributed by atoms with Crippen LogP contribution < -0.4 is 5.32 Å². The number of anilines is 1. The lowest BCUT2D eigenvalue weighted by atomic mass is 10.2. The average Bonchev–Trinajstić information content (AvgIpc) is 2.24. The topological polar surface area (TPSA) is 24.9 Å². The summed E-state index contributed by atoms with van der Waals surface area (Å²) in [4.78, 5) is 4.26. The molecule has 0 radical (unpaired) electrons. The third-order valence-corrected chi connectivity index (χ3v) is 3.17. The van der Waals surface area contributed by atoms with Gasteiger partial charge in [0.15, 0.2) is 0 Å². The number of terminal acetylenes is 1. The Morgan fingerprint density at radius 1 is 1.67 bits per heavy atom. The lowest BCUT2D eigenvalue weighted by Crippen LogP contribution is -2.18. The van der Waals surface area contributed by atoms with Crippen LogP contribution in [0.25, 0.3) is 0 Å². The van der Waals surface area contributed by atoms with Crippen LogP contribution >= 0.6 is 15.9 Å². The Kier molecular flexibility index (Phi) is 4.64. The van der Waals surface area contributed by atoms with Gasteiger partial charge < -0.3 is 5.32 Å².